The molecule has 1 atom stereocenters. The van der Waals surface area contributed by atoms with Crippen molar-refractivity contribution in [1.82, 2.24) is 0 Å². The molecule has 19 heavy (non-hydrogen) atoms. The summed E-state index contributed by atoms with van der Waals surface area (Å²) < 4.78 is 27.7. The molecule has 3 nitrogen and oxygen atoms in total. The summed E-state index contributed by atoms with van der Waals surface area (Å²) in [7, 11) is 0. The van der Waals surface area contributed by atoms with Crippen LogP contribution in [-0.2, 0) is 10.4 Å². The number of rotatable bonds is 1. The van der Waals surface area contributed by atoms with Gasteiger partial charge in [0.2, 0.25) is 5.60 Å². The van der Waals surface area contributed by atoms with Gasteiger partial charge in [-0.3, -0.25) is 4.79 Å². The molecule has 1 unspecified atom stereocenters. The fourth-order valence-corrected chi connectivity index (χ4v) is 2.33. The number of halogens is 2. The highest BCUT2D eigenvalue weighted by atomic mass is 19.1. The minimum absolute atomic E-state index is 0.143. The maximum absolute atomic E-state index is 13.8. The van der Waals surface area contributed by atoms with E-state index in [2.05, 4.69) is 5.32 Å². The van der Waals surface area contributed by atoms with E-state index in [9.17, 15) is 18.7 Å². The van der Waals surface area contributed by atoms with Crippen LogP contribution in [0.3, 0.4) is 0 Å². The number of nitrogens with one attached hydrogen (secondary N) is 1. The fraction of sp³-hybridized carbons (Fsp3) is 0.0714. The van der Waals surface area contributed by atoms with Gasteiger partial charge in [0, 0.05) is 11.3 Å². The third-order valence-corrected chi connectivity index (χ3v) is 3.22. The molecule has 2 aromatic rings. The molecule has 2 aromatic carbocycles. The zero-order chi connectivity index (χ0) is 13.6. The van der Waals surface area contributed by atoms with Gasteiger partial charge in [0.1, 0.15) is 11.6 Å². The highest BCUT2D eigenvalue weighted by molar-refractivity contribution is 6.07. The molecule has 1 aliphatic rings. The maximum Gasteiger partial charge on any atom is 0.266 e. The van der Waals surface area contributed by atoms with Crippen molar-refractivity contribution in [3.8, 4) is 0 Å². The number of carbonyl (C=O) groups is 1. The maximum atomic E-state index is 13.8. The van der Waals surface area contributed by atoms with Gasteiger partial charge in [-0.25, -0.2) is 8.78 Å². The van der Waals surface area contributed by atoms with Crippen molar-refractivity contribution in [3.05, 3.63) is 65.2 Å². The van der Waals surface area contributed by atoms with Crippen LogP contribution in [0.15, 0.2) is 42.5 Å². The molecule has 1 aliphatic heterocycles. The van der Waals surface area contributed by atoms with E-state index in [4.69, 9.17) is 0 Å². The van der Waals surface area contributed by atoms with Gasteiger partial charge in [0.15, 0.2) is 0 Å². The Morgan fingerprint density at radius 1 is 1.00 bits per heavy atom. The molecule has 96 valence electrons. The van der Waals surface area contributed by atoms with Crippen LogP contribution in [0.4, 0.5) is 14.5 Å². The Balaban J connectivity index is 2.32. The molecular formula is C14H9F2NO2. The second kappa shape index (κ2) is 3.86. The lowest BCUT2D eigenvalue weighted by Crippen LogP contribution is -2.37. The van der Waals surface area contributed by atoms with Crippen molar-refractivity contribution < 1.29 is 18.7 Å². The first-order valence-corrected chi connectivity index (χ1v) is 5.63. The van der Waals surface area contributed by atoms with Gasteiger partial charge in [-0.05, 0) is 18.2 Å². The first-order chi connectivity index (χ1) is 9.05. The van der Waals surface area contributed by atoms with Gasteiger partial charge in [-0.1, -0.05) is 24.3 Å². The molecule has 0 spiro atoms. The number of benzene rings is 2. The second-order valence-corrected chi connectivity index (χ2v) is 4.31. The predicted octanol–water partition coefficient (Wildman–Crippen LogP) is 2.15. The zero-order valence-corrected chi connectivity index (χ0v) is 9.65. The average Bonchev–Trinajstić information content (AvgIpc) is 2.63. The molecule has 0 radical (unpaired) electrons. The van der Waals surface area contributed by atoms with Gasteiger partial charge in [0.25, 0.3) is 5.91 Å². The molecule has 5 heteroatoms. The van der Waals surface area contributed by atoms with E-state index in [1.54, 1.807) is 18.2 Å². The Morgan fingerprint density at radius 2 is 1.63 bits per heavy atom. The lowest BCUT2D eigenvalue weighted by atomic mass is 9.87. The SMILES string of the molecule is O=C1Nc2ccccc2C1(O)c1c(F)cccc1F. The summed E-state index contributed by atoms with van der Waals surface area (Å²) >= 11 is 0. The number of aliphatic hydroxyl groups is 1. The number of amides is 1. The summed E-state index contributed by atoms with van der Waals surface area (Å²) in [5.41, 5.74) is -2.51. The smallest absolute Gasteiger partial charge is 0.266 e. The van der Waals surface area contributed by atoms with Crippen molar-refractivity contribution in [2.45, 2.75) is 5.60 Å². The minimum Gasteiger partial charge on any atom is -0.371 e. The van der Waals surface area contributed by atoms with E-state index in [0.29, 0.717) is 5.69 Å². The molecule has 0 aromatic heterocycles. The van der Waals surface area contributed by atoms with Crippen LogP contribution in [0.5, 0.6) is 0 Å². The summed E-state index contributed by atoms with van der Waals surface area (Å²) in [6.45, 7) is 0. The highest BCUT2D eigenvalue weighted by Crippen LogP contribution is 2.42. The van der Waals surface area contributed by atoms with Crippen molar-refractivity contribution in [2.24, 2.45) is 0 Å². The fourth-order valence-electron chi connectivity index (χ4n) is 2.33. The zero-order valence-electron chi connectivity index (χ0n) is 9.65. The van der Waals surface area contributed by atoms with Gasteiger partial charge in [0.05, 0.1) is 5.56 Å². The van der Waals surface area contributed by atoms with Crippen molar-refractivity contribution in [3.63, 3.8) is 0 Å². The van der Waals surface area contributed by atoms with Crippen LogP contribution in [0.2, 0.25) is 0 Å². The quantitative estimate of drug-likeness (QED) is 0.826. The Morgan fingerprint density at radius 3 is 2.32 bits per heavy atom. The molecule has 1 heterocycles. The first-order valence-electron chi connectivity index (χ1n) is 5.63. The molecule has 0 aliphatic carbocycles. The number of carbonyl (C=O) groups excluding carboxylic acids is 1. The lowest BCUT2D eigenvalue weighted by Gasteiger charge is -2.22. The Bertz CT molecular complexity index is 667. The molecule has 0 saturated carbocycles. The summed E-state index contributed by atoms with van der Waals surface area (Å²) in [6, 6.07) is 9.44. The molecular weight excluding hydrogens is 252 g/mol. The molecule has 3 rings (SSSR count). The lowest BCUT2D eigenvalue weighted by molar-refractivity contribution is -0.130. The van der Waals surface area contributed by atoms with Crippen LogP contribution in [0.1, 0.15) is 11.1 Å². The average molecular weight is 261 g/mol. The number of hydrogen-bond donors (Lipinski definition) is 2. The second-order valence-electron chi connectivity index (χ2n) is 4.31. The van der Waals surface area contributed by atoms with Crippen LogP contribution < -0.4 is 5.32 Å². The van der Waals surface area contributed by atoms with Crippen molar-refractivity contribution in [2.75, 3.05) is 5.32 Å². The predicted molar refractivity (Wildman–Crippen MR) is 64.4 cm³/mol. The van der Waals surface area contributed by atoms with Gasteiger partial charge in [-0.2, -0.15) is 0 Å². The Hall–Kier alpha value is -2.27. The Labute approximate surface area is 107 Å². The van der Waals surface area contributed by atoms with Crippen LogP contribution >= 0.6 is 0 Å². The molecule has 2 N–H and O–H groups in total. The summed E-state index contributed by atoms with van der Waals surface area (Å²) in [5.74, 6) is -2.79. The van der Waals surface area contributed by atoms with Crippen LogP contribution in [-0.4, -0.2) is 11.0 Å². The minimum atomic E-state index is -2.34. The molecule has 0 saturated heterocycles. The van der Waals surface area contributed by atoms with Gasteiger partial charge >= 0.3 is 0 Å². The summed E-state index contributed by atoms with van der Waals surface area (Å²) in [4.78, 5) is 12.0. The number of anilines is 1. The van der Waals surface area contributed by atoms with E-state index in [-0.39, 0.29) is 5.56 Å². The summed E-state index contributed by atoms with van der Waals surface area (Å²) in [6.07, 6.45) is 0. The monoisotopic (exact) mass is 261 g/mol. The largest absolute Gasteiger partial charge is 0.371 e. The van der Waals surface area contributed by atoms with Crippen LogP contribution in [0, 0.1) is 11.6 Å². The topological polar surface area (TPSA) is 49.3 Å². The third kappa shape index (κ3) is 1.48. The van der Waals surface area contributed by atoms with E-state index in [1.807, 2.05) is 0 Å². The molecule has 1 amide bonds. The van der Waals surface area contributed by atoms with Crippen molar-refractivity contribution in [1.29, 1.82) is 0 Å². The van der Waals surface area contributed by atoms with Gasteiger partial charge in [-0.15, -0.1) is 0 Å². The molecule has 0 fully saturated rings. The van der Waals surface area contributed by atoms with E-state index >= 15 is 0 Å². The first kappa shape index (κ1) is 11.8. The normalized spacial score (nSPS) is 21.1. The number of fused-ring (bicyclic) bond motifs is 1. The van der Waals surface area contributed by atoms with Crippen LogP contribution in [0.25, 0.3) is 0 Å². The molecule has 0 bridgehead atoms. The van der Waals surface area contributed by atoms with E-state index in [1.165, 1.54) is 12.1 Å². The third-order valence-electron chi connectivity index (χ3n) is 3.22. The highest BCUT2D eigenvalue weighted by Gasteiger charge is 2.49. The number of hydrogen-bond acceptors (Lipinski definition) is 2. The summed E-state index contributed by atoms with van der Waals surface area (Å²) in [5, 5.41) is 13.0. The Kier molecular flexibility index (Phi) is 2.40. The van der Waals surface area contributed by atoms with Crippen molar-refractivity contribution >= 4 is 11.6 Å². The van der Waals surface area contributed by atoms with Gasteiger partial charge < -0.3 is 10.4 Å². The number of para-hydroxylation sites is 1. The van der Waals surface area contributed by atoms with E-state index in [0.717, 1.165) is 12.1 Å². The van der Waals surface area contributed by atoms with E-state index < -0.39 is 28.7 Å². The standard InChI is InChI=1S/C14H9F2NO2/c15-9-5-3-6-10(16)12(9)14(19)8-4-1-2-7-11(8)17-13(14)18/h1-7,19H,(H,17,18).